The highest BCUT2D eigenvalue weighted by Crippen LogP contribution is 2.10. The van der Waals surface area contributed by atoms with Gasteiger partial charge in [0, 0.05) is 13.6 Å². The Kier molecular flexibility index (Phi) is 5.37. The van der Waals surface area contributed by atoms with Gasteiger partial charge in [0.05, 0.1) is 6.10 Å². The first-order valence-electron chi connectivity index (χ1n) is 5.52. The molecular weight excluding hydrogens is 242 g/mol. The van der Waals surface area contributed by atoms with Crippen LogP contribution in [-0.4, -0.2) is 39.8 Å². The van der Waals surface area contributed by atoms with E-state index in [-0.39, 0.29) is 5.28 Å². The third-order valence-corrected chi connectivity index (χ3v) is 2.24. The van der Waals surface area contributed by atoms with Crippen LogP contribution in [0.2, 0.25) is 5.28 Å². The first-order valence-corrected chi connectivity index (χ1v) is 5.90. The van der Waals surface area contributed by atoms with Crippen LogP contribution in [0.4, 0.5) is 11.9 Å². The molecule has 17 heavy (non-hydrogen) atoms. The van der Waals surface area contributed by atoms with Crippen LogP contribution >= 0.6 is 11.6 Å². The molecule has 0 aliphatic rings. The molecule has 1 heterocycles. The minimum atomic E-state index is -0.427. The molecule has 96 valence electrons. The van der Waals surface area contributed by atoms with Gasteiger partial charge in [-0.2, -0.15) is 15.0 Å². The lowest BCUT2D eigenvalue weighted by molar-refractivity contribution is 0.161. The van der Waals surface area contributed by atoms with Gasteiger partial charge >= 0.3 is 0 Å². The van der Waals surface area contributed by atoms with Gasteiger partial charge in [-0.05, 0) is 23.9 Å². The van der Waals surface area contributed by atoms with Crippen molar-refractivity contribution in [2.24, 2.45) is 5.92 Å². The third kappa shape index (κ3) is 5.14. The molecule has 6 nitrogen and oxygen atoms in total. The number of halogens is 1. The monoisotopic (exact) mass is 259 g/mol. The molecule has 0 spiro atoms. The molecule has 0 fully saturated rings. The fourth-order valence-corrected chi connectivity index (χ4v) is 1.54. The highest BCUT2D eigenvalue weighted by Gasteiger charge is 2.08. The maximum absolute atomic E-state index is 9.69. The number of nitrogens with zero attached hydrogens (tertiary/aromatic N) is 3. The summed E-state index contributed by atoms with van der Waals surface area (Å²) in [6.07, 6.45) is 0.300. The molecule has 0 saturated carbocycles. The van der Waals surface area contributed by atoms with Crippen molar-refractivity contribution in [1.29, 1.82) is 0 Å². The van der Waals surface area contributed by atoms with Crippen molar-refractivity contribution in [3.8, 4) is 0 Å². The standard InChI is InChI=1S/C10H18ClN5O/c1-6(2)4-7(17)5-13-10-15-8(11)14-9(12-3)16-10/h6-7,17H,4-5H2,1-3H3,(H2,12,13,14,15,16). The van der Waals surface area contributed by atoms with Crippen molar-refractivity contribution in [2.75, 3.05) is 24.2 Å². The highest BCUT2D eigenvalue weighted by atomic mass is 35.5. The number of nitrogens with one attached hydrogen (secondary N) is 2. The van der Waals surface area contributed by atoms with Gasteiger partial charge < -0.3 is 15.7 Å². The largest absolute Gasteiger partial charge is 0.391 e. The Labute approximate surface area is 106 Å². The molecule has 1 rings (SSSR count). The van der Waals surface area contributed by atoms with E-state index in [9.17, 15) is 5.11 Å². The van der Waals surface area contributed by atoms with E-state index in [4.69, 9.17) is 11.6 Å². The van der Waals surface area contributed by atoms with Gasteiger partial charge in [0.2, 0.25) is 17.2 Å². The first kappa shape index (κ1) is 13.9. The first-order chi connectivity index (χ1) is 8.01. The SMILES string of the molecule is CNc1nc(Cl)nc(NCC(O)CC(C)C)n1. The van der Waals surface area contributed by atoms with E-state index < -0.39 is 6.10 Å². The van der Waals surface area contributed by atoms with Gasteiger partial charge in [-0.1, -0.05) is 13.8 Å². The smallest absolute Gasteiger partial charge is 0.228 e. The highest BCUT2D eigenvalue weighted by molar-refractivity contribution is 6.28. The lowest BCUT2D eigenvalue weighted by atomic mass is 10.1. The summed E-state index contributed by atoms with van der Waals surface area (Å²) in [4.78, 5) is 11.8. The Balaban J connectivity index is 2.54. The molecular formula is C10H18ClN5O. The van der Waals surface area contributed by atoms with E-state index in [1.807, 2.05) is 0 Å². The average molecular weight is 260 g/mol. The summed E-state index contributed by atoms with van der Waals surface area (Å²) in [5.41, 5.74) is 0. The topological polar surface area (TPSA) is 83.0 Å². The average Bonchev–Trinajstić information content (AvgIpc) is 2.24. The summed E-state index contributed by atoms with van der Waals surface area (Å²) in [7, 11) is 1.70. The zero-order valence-corrected chi connectivity index (χ0v) is 11.0. The predicted octanol–water partition coefficient (Wildman–Crippen LogP) is 1.39. The summed E-state index contributed by atoms with van der Waals surface area (Å²) in [6, 6.07) is 0. The van der Waals surface area contributed by atoms with Crippen molar-refractivity contribution in [1.82, 2.24) is 15.0 Å². The number of hydrogen-bond acceptors (Lipinski definition) is 6. The molecule has 0 amide bonds. The molecule has 0 radical (unpaired) electrons. The van der Waals surface area contributed by atoms with Crippen LogP contribution in [0.25, 0.3) is 0 Å². The molecule has 1 aromatic heterocycles. The summed E-state index contributed by atoms with van der Waals surface area (Å²) < 4.78 is 0. The second-order valence-electron chi connectivity index (χ2n) is 4.17. The fraction of sp³-hybridized carbons (Fsp3) is 0.700. The van der Waals surface area contributed by atoms with Gasteiger partial charge in [-0.3, -0.25) is 0 Å². The Morgan fingerprint density at radius 3 is 2.47 bits per heavy atom. The number of aromatic nitrogens is 3. The van der Waals surface area contributed by atoms with Crippen LogP contribution in [0, 0.1) is 5.92 Å². The number of hydrogen-bond donors (Lipinski definition) is 3. The molecule has 7 heteroatoms. The van der Waals surface area contributed by atoms with Crippen LogP contribution < -0.4 is 10.6 Å². The summed E-state index contributed by atoms with van der Waals surface area (Å²) in [6.45, 7) is 4.51. The molecule has 0 saturated heterocycles. The Bertz CT molecular complexity index is 361. The van der Waals surface area contributed by atoms with Crippen molar-refractivity contribution in [2.45, 2.75) is 26.4 Å². The maximum atomic E-state index is 9.69. The van der Waals surface area contributed by atoms with Crippen molar-refractivity contribution in [3.05, 3.63) is 5.28 Å². The zero-order chi connectivity index (χ0) is 12.8. The normalized spacial score (nSPS) is 12.6. The maximum Gasteiger partial charge on any atom is 0.228 e. The summed E-state index contributed by atoms with van der Waals surface area (Å²) in [5.74, 6) is 1.20. The molecule has 0 bridgehead atoms. The van der Waals surface area contributed by atoms with Gasteiger partial charge in [0.25, 0.3) is 0 Å². The fourth-order valence-electron chi connectivity index (χ4n) is 1.38. The van der Waals surface area contributed by atoms with Crippen molar-refractivity contribution in [3.63, 3.8) is 0 Å². The Hall–Kier alpha value is -1.14. The minimum absolute atomic E-state index is 0.116. The Morgan fingerprint density at radius 1 is 1.24 bits per heavy atom. The lowest BCUT2D eigenvalue weighted by Gasteiger charge is -2.13. The lowest BCUT2D eigenvalue weighted by Crippen LogP contribution is -2.22. The molecule has 1 unspecified atom stereocenters. The van der Waals surface area contributed by atoms with Crippen molar-refractivity contribution >= 4 is 23.5 Å². The summed E-state index contributed by atoms with van der Waals surface area (Å²) >= 11 is 5.72. The van der Waals surface area contributed by atoms with Gasteiger partial charge in [0.15, 0.2) is 0 Å². The van der Waals surface area contributed by atoms with Crippen molar-refractivity contribution < 1.29 is 5.11 Å². The van der Waals surface area contributed by atoms with Crippen LogP contribution in [0.3, 0.4) is 0 Å². The van der Waals surface area contributed by atoms with E-state index in [1.54, 1.807) is 7.05 Å². The van der Waals surface area contributed by atoms with Crippen LogP contribution in [0.15, 0.2) is 0 Å². The summed E-state index contributed by atoms with van der Waals surface area (Å²) in [5, 5.41) is 15.5. The molecule has 1 atom stereocenters. The van der Waals surface area contributed by atoms with E-state index in [2.05, 4.69) is 39.4 Å². The number of aliphatic hydroxyl groups excluding tert-OH is 1. The van der Waals surface area contributed by atoms with E-state index in [0.29, 0.717) is 24.4 Å². The van der Waals surface area contributed by atoms with E-state index in [0.717, 1.165) is 6.42 Å². The van der Waals surface area contributed by atoms with E-state index >= 15 is 0 Å². The van der Waals surface area contributed by atoms with Gasteiger partial charge in [-0.15, -0.1) is 0 Å². The van der Waals surface area contributed by atoms with E-state index in [1.165, 1.54) is 0 Å². The third-order valence-electron chi connectivity index (χ3n) is 2.07. The molecule has 3 N–H and O–H groups in total. The predicted molar refractivity (Wildman–Crippen MR) is 68.3 cm³/mol. The number of anilines is 2. The van der Waals surface area contributed by atoms with Gasteiger partial charge in [0.1, 0.15) is 0 Å². The van der Waals surface area contributed by atoms with Crippen LogP contribution in [0.1, 0.15) is 20.3 Å². The Morgan fingerprint density at radius 2 is 1.88 bits per heavy atom. The number of rotatable bonds is 6. The zero-order valence-electron chi connectivity index (χ0n) is 10.2. The number of aliphatic hydroxyl groups is 1. The van der Waals surface area contributed by atoms with Gasteiger partial charge in [-0.25, -0.2) is 0 Å². The second kappa shape index (κ2) is 6.56. The molecule has 0 aliphatic heterocycles. The van der Waals surface area contributed by atoms with Crippen LogP contribution in [-0.2, 0) is 0 Å². The minimum Gasteiger partial charge on any atom is -0.391 e. The molecule has 0 aromatic carbocycles. The second-order valence-corrected chi connectivity index (χ2v) is 4.50. The van der Waals surface area contributed by atoms with Crippen LogP contribution in [0.5, 0.6) is 0 Å². The molecule has 0 aliphatic carbocycles. The quantitative estimate of drug-likeness (QED) is 0.716. The molecule has 1 aromatic rings.